The highest BCUT2D eigenvalue weighted by atomic mass is 32.2. The smallest absolute Gasteiger partial charge is 0.251 e. The van der Waals surface area contributed by atoms with Gasteiger partial charge in [0.15, 0.2) is 10.6 Å². The number of aromatic nitrogens is 3. The van der Waals surface area contributed by atoms with Crippen molar-refractivity contribution in [3.05, 3.63) is 76.3 Å². The summed E-state index contributed by atoms with van der Waals surface area (Å²) >= 11 is 5.31. The van der Waals surface area contributed by atoms with Crippen LogP contribution < -0.4 is 5.32 Å². The van der Waals surface area contributed by atoms with Gasteiger partial charge in [-0.25, -0.2) is 8.42 Å². The maximum Gasteiger partial charge on any atom is 0.251 e. The van der Waals surface area contributed by atoms with Crippen LogP contribution >= 0.6 is 12.2 Å². The van der Waals surface area contributed by atoms with Crippen molar-refractivity contribution in [2.24, 2.45) is 0 Å². The lowest BCUT2D eigenvalue weighted by Gasteiger charge is -2.26. The van der Waals surface area contributed by atoms with E-state index in [4.69, 9.17) is 17.0 Å². The molecule has 2 aromatic carbocycles. The van der Waals surface area contributed by atoms with Crippen LogP contribution in [0.1, 0.15) is 21.7 Å². The Morgan fingerprint density at radius 2 is 1.78 bits per heavy atom. The van der Waals surface area contributed by atoms with Crippen LogP contribution in [0.4, 0.5) is 0 Å². The SMILES string of the molecule is O=C(NCc1n[nH]c(=S)n1Cc1ccccc1)c1ccc(S(=O)(=O)N2CCOCC2)cc1. The van der Waals surface area contributed by atoms with Crippen molar-refractivity contribution in [2.45, 2.75) is 18.0 Å². The predicted octanol–water partition coefficient (Wildman–Crippen LogP) is 1.94. The van der Waals surface area contributed by atoms with E-state index in [2.05, 4.69) is 15.5 Å². The van der Waals surface area contributed by atoms with Crippen molar-refractivity contribution in [1.29, 1.82) is 0 Å². The molecule has 3 aromatic rings. The molecule has 0 saturated carbocycles. The van der Waals surface area contributed by atoms with Crippen molar-refractivity contribution in [3.8, 4) is 0 Å². The number of aromatic amines is 1. The highest BCUT2D eigenvalue weighted by Gasteiger charge is 2.26. The maximum absolute atomic E-state index is 12.7. The molecule has 1 fully saturated rings. The molecule has 0 radical (unpaired) electrons. The zero-order chi connectivity index (χ0) is 22.6. The number of benzene rings is 2. The monoisotopic (exact) mass is 473 g/mol. The minimum Gasteiger partial charge on any atom is -0.379 e. The maximum atomic E-state index is 12.7. The number of ether oxygens (including phenoxy) is 1. The summed E-state index contributed by atoms with van der Waals surface area (Å²) in [5.74, 6) is 0.263. The van der Waals surface area contributed by atoms with Gasteiger partial charge < -0.3 is 10.1 Å². The number of rotatable bonds is 7. The zero-order valence-corrected chi connectivity index (χ0v) is 18.9. The first-order chi connectivity index (χ1) is 15.4. The van der Waals surface area contributed by atoms with Crippen molar-refractivity contribution in [1.82, 2.24) is 24.4 Å². The van der Waals surface area contributed by atoms with Gasteiger partial charge in [-0.2, -0.15) is 9.40 Å². The van der Waals surface area contributed by atoms with Crippen molar-refractivity contribution in [3.63, 3.8) is 0 Å². The van der Waals surface area contributed by atoms with Gasteiger partial charge in [0.2, 0.25) is 10.0 Å². The van der Waals surface area contributed by atoms with E-state index in [-0.39, 0.29) is 17.3 Å². The van der Waals surface area contributed by atoms with Crippen LogP contribution in [-0.2, 0) is 27.8 Å². The summed E-state index contributed by atoms with van der Waals surface area (Å²) in [5.41, 5.74) is 1.42. The van der Waals surface area contributed by atoms with E-state index in [1.165, 1.54) is 28.6 Å². The Bertz CT molecular complexity index is 1230. The lowest BCUT2D eigenvalue weighted by Crippen LogP contribution is -2.40. The number of hydrogen-bond acceptors (Lipinski definition) is 6. The number of hydrogen-bond donors (Lipinski definition) is 2. The number of morpholine rings is 1. The van der Waals surface area contributed by atoms with Crippen LogP contribution in [0.15, 0.2) is 59.5 Å². The molecule has 1 saturated heterocycles. The second kappa shape index (κ2) is 9.74. The summed E-state index contributed by atoms with van der Waals surface area (Å²) in [5, 5.41) is 9.78. The number of nitrogens with zero attached hydrogens (tertiary/aromatic N) is 3. The van der Waals surface area contributed by atoms with E-state index in [0.717, 1.165) is 5.56 Å². The van der Waals surface area contributed by atoms with Crippen LogP contribution in [0.2, 0.25) is 0 Å². The van der Waals surface area contributed by atoms with E-state index in [0.29, 0.717) is 49.0 Å². The van der Waals surface area contributed by atoms with Gasteiger partial charge in [0.25, 0.3) is 5.91 Å². The van der Waals surface area contributed by atoms with Gasteiger partial charge in [-0.05, 0) is 42.0 Å². The molecule has 0 spiro atoms. The van der Waals surface area contributed by atoms with Crippen molar-refractivity contribution >= 4 is 28.1 Å². The third kappa shape index (κ3) is 4.96. The quantitative estimate of drug-likeness (QED) is 0.508. The standard InChI is InChI=1S/C21H23N5O4S2/c27-20(17-6-8-18(9-7-17)32(28,29)25-10-12-30-13-11-25)22-14-19-23-24-21(31)26(19)15-16-4-2-1-3-5-16/h1-9H,10-15H2,(H,22,27)(H,24,31). The molecule has 1 amide bonds. The first-order valence-electron chi connectivity index (χ1n) is 10.1. The van der Waals surface area contributed by atoms with Gasteiger partial charge in [-0.1, -0.05) is 30.3 Å². The van der Waals surface area contributed by atoms with Crippen molar-refractivity contribution < 1.29 is 17.9 Å². The normalized spacial score (nSPS) is 14.9. The molecule has 0 aliphatic carbocycles. The van der Waals surface area contributed by atoms with Crippen LogP contribution in [0.5, 0.6) is 0 Å². The second-order valence-electron chi connectivity index (χ2n) is 7.24. The summed E-state index contributed by atoms with van der Waals surface area (Å²) < 4.78 is 34.3. The topological polar surface area (TPSA) is 109 Å². The Morgan fingerprint density at radius 3 is 2.47 bits per heavy atom. The van der Waals surface area contributed by atoms with E-state index in [1.54, 1.807) is 0 Å². The van der Waals surface area contributed by atoms with Gasteiger partial charge in [-0.15, -0.1) is 0 Å². The Balaban J connectivity index is 1.41. The van der Waals surface area contributed by atoms with Crippen molar-refractivity contribution in [2.75, 3.05) is 26.3 Å². The molecule has 0 bridgehead atoms. The molecule has 9 nitrogen and oxygen atoms in total. The molecule has 32 heavy (non-hydrogen) atoms. The van der Waals surface area contributed by atoms with Gasteiger partial charge in [0, 0.05) is 18.7 Å². The third-order valence-electron chi connectivity index (χ3n) is 5.15. The fourth-order valence-corrected chi connectivity index (χ4v) is 5.01. The first kappa shape index (κ1) is 22.3. The first-order valence-corrected chi connectivity index (χ1v) is 11.9. The number of carbonyl (C=O) groups is 1. The number of sulfonamides is 1. The Morgan fingerprint density at radius 1 is 1.09 bits per heavy atom. The minimum absolute atomic E-state index is 0.153. The molecule has 1 aliphatic heterocycles. The molecule has 2 N–H and O–H groups in total. The van der Waals surface area contributed by atoms with Crippen LogP contribution in [0, 0.1) is 4.77 Å². The number of carbonyl (C=O) groups excluding carboxylic acids is 1. The van der Waals surface area contributed by atoms with Crippen LogP contribution in [0.3, 0.4) is 0 Å². The third-order valence-corrected chi connectivity index (χ3v) is 7.38. The summed E-state index contributed by atoms with van der Waals surface area (Å²) in [6, 6.07) is 15.7. The molecule has 1 aliphatic rings. The van der Waals surface area contributed by atoms with Crippen LogP contribution in [-0.4, -0.2) is 59.7 Å². The average Bonchev–Trinajstić information content (AvgIpc) is 3.18. The molecule has 11 heteroatoms. The molecule has 0 unspecified atom stereocenters. The molecule has 4 rings (SSSR count). The minimum atomic E-state index is -3.60. The average molecular weight is 474 g/mol. The largest absolute Gasteiger partial charge is 0.379 e. The molecule has 168 valence electrons. The Hall–Kier alpha value is -2.86. The van der Waals surface area contributed by atoms with E-state index in [9.17, 15) is 13.2 Å². The van der Waals surface area contributed by atoms with Crippen LogP contribution in [0.25, 0.3) is 0 Å². The summed E-state index contributed by atoms with van der Waals surface area (Å²) in [6.07, 6.45) is 0. The Labute approximate surface area is 191 Å². The van der Waals surface area contributed by atoms with E-state index < -0.39 is 10.0 Å². The van der Waals surface area contributed by atoms with Gasteiger partial charge in [0.05, 0.1) is 31.2 Å². The second-order valence-corrected chi connectivity index (χ2v) is 9.56. The van der Waals surface area contributed by atoms with Gasteiger partial charge in [-0.3, -0.25) is 14.5 Å². The summed E-state index contributed by atoms with van der Waals surface area (Å²) in [4.78, 5) is 12.7. The molecular weight excluding hydrogens is 450 g/mol. The van der Waals surface area contributed by atoms with E-state index >= 15 is 0 Å². The zero-order valence-electron chi connectivity index (χ0n) is 17.2. The number of amides is 1. The Kier molecular flexibility index (Phi) is 6.80. The fraction of sp³-hybridized carbons (Fsp3) is 0.286. The van der Waals surface area contributed by atoms with E-state index in [1.807, 2.05) is 34.9 Å². The lowest BCUT2D eigenvalue weighted by molar-refractivity contribution is 0.0730. The summed E-state index contributed by atoms with van der Waals surface area (Å²) in [7, 11) is -3.60. The number of nitrogens with one attached hydrogen (secondary N) is 2. The number of H-pyrrole nitrogens is 1. The highest BCUT2D eigenvalue weighted by molar-refractivity contribution is 7.89. The fourth-order valence-electron chi connectivity index (χ4n) is 3.39. The highest BCUT2D eigenvalue weighted by Crippen LogP contribution is 2.18. The molecule has 2 heterocycles. The lowest BCUT2D eigenvalue weighted by atomic mass is 10.2. The molecule has 0 atom stereocenters. The van der Waals surface area contributed by atoms with Gasteiger partial charge in [0.1, 0.15) is 0 Å². The summed E-state index contributed by atoms with van der Waals surface area (Å²) in [6.45, 7) is 2.11. The predicted molar refractivity (Wildman–Crippen MR) is 120 cm³/mol. The molecular formula is C21H23N5O4S2. The van der Waals surface area contributed by atoms with Gasteiger partial charge >= 0.3 is 0 Å². The molecule has 1 aromatic heterocycles.